The zero-order chi connectivity index (χ0) is 13.7. The van der Waals surface area contributed by atoms with Crippen molar-refractivity contribution in [2.75, 3.05) is 0 Å². The molecule has 98 valence electrons. The monoisotopic (exact) mass is 263 g/mol. The molecule has 3 nitrogen and oxygen atoms in total. The minimum atomic E-state index is 0.307. The maximum Gasteiger partial charge on any atom is 0.187 e. The Bertz CT molecular complexity index is 464. The highest BCUT2D eigenvalue weighted by Crippen LogP contribution is 2.11. The first kappa shape index (κ1) is 14.6. The lowest BCUT2D eigenvalue weighted by atomic mass is 10.0. The molecule has 0 aliphatic rings. The summed E-state index contributed by atoms with van der Waals surface area (Å²) in [5.74, 6) is 0. The molecule has 0 bridgehead atoms. The second-order valence-corrected chi connectivity index (χ2v) is 5.16. The van der Waals surface area contributed by atoms with Gasteiger partial charge >= 0.3 is 0 Å². The minimum Gasteiger partial charge on any atom is -0.359 e. The molecule has 0 amide bonds. The number of nitrogens with one attached hydrogen (secondary N) is 2. The van der Waals surface area contributed by atoms with Gasteiger partial charge in [0.2, 0.25) is 0 Å². The first-order chi connectivity index (χ1) is 8.40. The van der Waals surface area contributed by atoms with Crippen molar-refractivity contribution in [3.63, 3.8) is 0 Å². The van der Waals surface area contributed by atoms with E-state index in [2.05, 4.69) is 47.9 Å². The summed E-state index contributed by atoms with van der Waals surface area (Å²) < 4.78 is 0. The summed E-state index contributed by atoms with van der Waals surface area (Å²) in [6.07, 6.45) is 0. The smallest absolute Gasteiger partial charge is 0.187 e. The van der Waals surface area contributed by atoms with E-state index in [-0.39, 0.29) is 0 Å². The Balaban J connectivity index is 2.77. The molecule has 0 aliphatic carbocycles. The number of nitrogens with zero attached hydrogens (tertiary/aromatic N) is 1. The fourth-order valence-corrected chi connectivity index (χ4v) is 1.90. The Hall–Kier alpha value is -1.42. The third kappa shape index (κ3) is 4.45. The first-order valence-corrected chi connectivity index (χ1v) is 6.49. The molecule has 0 atom stereocenters. The number of hydrazone groups is 1. The predicted molar refractivity (Wildman–Crippen MR) is 82.1 cm³/mol. The second-order valence-electron chi connectivity index (χ2n) is 4.76. The van der Waals surface area contributed by atoms with E-state index < -0.39 is 0 Å². The number of hydrogen-bond donors (Lipinski definition) is 2. The Morgan fingerprint density at radius 3 is 2.56 bits per heavy atom. The van der Waals surface area contributed by atoms with Crippen LogP contribution in [-0.4, -0.2) is 16.9 Å². The quantitative estimate of drug-likeness (QED) is 0.500. The van der Waals surface area contributed by atoms with Crippen LogP contribution in [0.2, 0.25) is 0 Å². The van der Waals surface area contributed by atoms with Crippen molar-refractivity contribution in [2.45, 2.75) is 40.7 Å². The van der Waals surface area contributed by atoms with Gasteiger partial charge in [0.15, 0.2) is 5.11 Å². The van der Waals surface area contributed by atoms with Gasteiger partial charge in [0.05, 0.1) is 5.71 Å². The second kappa shape index (κ2) is 6.50. The highest BCUT2D eigenvalue weighted by molar-refractivity contribution is 7.80. The Kier molecular flexibility index (Phi) is 5.28. The van der Waals surface area contributed by atoms with Crippen LogP contribution in [0.3, 0.4) is 0 Å². The molecule has 1 aromatic rings. The van der Waals surface area contributed by atoms with Crippen LogP contribution in [0.25, 0.3) is 0 Å². The number of rotatable bonds is 3. The summed E-state index contributed by atoms with van der Waals surface area (Å²) in [5, 5.41) is 7.95. The van der Waals surface area contributed by atoms with Gasteiger partial charge in [-0.2, -0.15) is 5.10 Å². The number of thiocarbonyl (C=S) groups is 1. The van der Waals surface area contributed by atoms with E-state index in [0.717, 1.165) is 11.3 Å². The van der Waals surface area contributed by atoms with Crippen LogP contribution in [0.1, 0.15) is 37.5 Å². The lowest BCUT2D eigenvalue weighted by Crippen LogP contribution is -2.37. The molecule has 0 saturated heterocycles. The van der Waals surface area contributed by atoms with E-state index >= 15 is 0 Å². The number of benzene rings is 1. The highest BCUT2D eigenvalue weighted by atomic mass is 32.1. The molecule has 0 heterocycles. The lowest BCUT2D eigenvalue weighted by Gasteiger charge is -2.11. The van der Waals surface area contributed by atoms with Crippen LogP contribution in [0.4, 0.5) is 0 Å². The molecule has 18 heavy (non-hydrogen) atoms. The van der Waals surface area contributed by atoms with Gasteiger partial charge in [0.25, 0.3) is 0 Å². The normalized spacial score (nSPS) is 11.6. The Morgan fingerprint density at radius 1 is 1.28 bits per heavy atom. The van der Waals surface area contributed by atoms with Crippen LogP contribution in [-0.2, 0) is 0 Å². The van der Waals surface area contributed by atoms with Crippen molar-refractivity contribution in [2.24, 2.45) is 5.10 Å². The highest BCUT2D eigenvalue weighted by Gasteiger charge is 2.03. The summed E-state index contributed by atoms with van der Waals surface area (Å²) in [4.78, 5) is 0. The molecule has 2 N–H and O–H groups in total. The largest absolute Gasteiger partial charge is 0.359 e. The third-order valence-corrected chi connectivity index (χ3v) is 2.74. The summed E-state index contributed by atoms with van der Waals surface area (Å²) in [7, 11) is 0. The lowest BCUT2D eigenvalue weighted by molar-refractivity contribution is 0.719. The van der Waals surface area contributed by atoms with E-state index in [1.165, 1.54) is 11.1 Å². The fraction of sp³-hybridized carbons (Fsp3) is 0.429. The zero-order valence-corrected chi connectivity index (χ0v) is 12.5. The maximum absolute atomic E-state index is 5.13. The van der Waals surface area contributed by atoms with Gasteiger partial charge in [-0.05, 0) is 58.5 Å². The van der Waals surface area contributed by atoms with Crippen molar-refractivity contribution in [1.29, 1.82) is 0 Å². The molecular formula is C14H21N3S. The predicted octanol–water partition coefficient (Wildman–Crippen LogP) is 2.90. The standard InChI is InChI=1S/C14H21N3S/c1-9(2)15-14(18)17-16-12(5)13-8-10(3)6-7-11(13)4/h6-9H,1-5H3,(H2,15,17,18)/b16-12-. The maximum atomic E-state index is 5.13. The molecular weight excluding hydrogens is 242 g/mol. The molecule has 0 fully saturated rings. The fourth-order valence-electron chi connectivity index (χ4n) is 1.61. The van der Waals surface area contributed by atoms with Crippen LogP contribution in [0, 0.1) is 13.8 Å². The van der Waals surface area contributed by atoms with Crippen molar-refractivity contribution in [3.05, 3.63) is 34.9 Å². The Morgan fingerprint density at radius 2 is 1.94 bits per heavy atom. The Labute approximate surface area is 115 Å². The molecule has 1 aromatic carbocycles. The van der Waals surface area contributed by atoms with Crippen LogP contribution in [0.15, 0.2) is 23.3 Å². The average Bonchev–Trinajstić information content (AvgIpc) is 2.28. The molecule has 4 heteroatoms. The van der Waals surface area contributed by atoms with Gasteiger partial charge in [0.1, 0.15) is 0 Å². The van der Waals surface area contributed by atoms with Crippen molar-refractivity contribution >= 4 is 23.0 Å². The summed E-state index contributed by atoms with van der Waals surface area (Å²) in [6, 6.07) is 6.65. The molecule has 0 aromatic heterocycles. The summed E-state index contributed by atoms with van der Waals surface area (Å²) in [6.45, 7) is 10.2. The molecule has 1 rings (SSSR count). The summed E-state index contributed by atoms with van der Waals surface area (Å²) >= 11 is 5.13. The van der Waals surface area contributed by atoms with E-state index in [4.69, 9.17) is 12.2 Å². The van der Waals surface area contributed by atoms with Crippen LogP contribution < -0.4 is 10.7 Å². The molecule has 0 spiro atoms. The third-order valence-electron chi connectivity index (χ3n) is 2.53. The minimum absolute atomic E-state index is 0.307. The van der Waals surface area contributed by atoms with E-state index in [0.29, 0.717) is 11.2 Å². The van der Waals surface area contributed by atoms with E-state index in [9.17, 15) is 0 Å². The van der Waals surface area contributed by atoms with Crippen LogP contribution >= 0.6 is 12.2 Å². The van der Waals surface area contributed by atoms with Crippen molar-refractivity contribution in [3.8, 4) is 0 Å². The van der Waals surface area contributed by atoms with Crippen LogP contribution in [0.5, 0.6) is 0 Å². The molecule has 0 aliphatic heterocycles. The van der Waals surface area contributed by atoms with E-state index in [1.54, 1.807) is 0 Å². The average molecular weight is 263 g/mol. The van der Waals surface area contributed by atoms with Gasteiger partial charge in [-0.25, -0.2) is 0 Å². The molecule has 0 saturated carbocycles. The molecule has 0 unspecified atom stereocenters. The van der Waals surface area contributed by atoms with Crippen molar-refractivity contribution in [1.82, 2.24) is 10.7 Å². The van der Waals surface area contributed by atoms with Gasteiger partial charge in [-0.15, -0.1) is 0 Å². The number of aryl methyl sites for hydroxylation is 2. The number of hydrogen-bond acceptors (Lipinski definition) is 2. The van der Waals surface area contributed by atoms with E-state index in [1.807, 2.05) is 20.8 Å². The summed E-state index contributed by atoms with van der Waals surface area (Å²) in [5.41, 5.74) is 7.39. The zero-order valence-electron chi connectivity index (χ0n) is 11.7. The van der Waals surface area contributed by atoms with Crippen molar-refractivity contribution < 1.29 is 0 Å². The SMILES string of the molecule is C/C(=N/NC(=S)NC(C)C)c1cc(C)ccc1C. The van der Waals surface area contributed by atoms with Gasteiger partial charge < -0.3 is 5.32 Å². The van der Waals surface area contributed by atoms with Gasteiger partial charge in [-0.1, -0.05) is 17.7 Å². The topological polar surface area (TPSA) is 36.4 Å². The molecule has 0 radical (unpaired) electrons. The van der Waals surface area contributed by atoms with Gasteiger partial charge in [-0.3, -0.25) is 5.43 Å². The van der Waals surface area contributed by atoms with Gasteiger partial charge in [0, 0.05) is 11.6 Å². The first-order valence-electron chi connectivity index (χ1n) is 6.08.